The Balaban J connectivity index is 1.72. The number of nitrogens with one attached hydrogen (secondary N) is 1. The lowest BCUT2D eigenvalue weighted by Crippen LogP contribution is -2.24. The molecule has 0 atom stereocenters. The van der Waals surface area contributed by atoms with E-state index in [1.54, 1.807) is 38.4 Å². The van der Waals surface area contributed by atoms with Gasteiger partial charge in [-0.3, -0.25) is 9.59 Å². The van der Waals surface area contributed by atoms with Crippen molar-refractivity contribution >= 4 is 28.5 Å². The van der Waals surface area contributed by atoms with Crippen LogP contribution >= 0.6 is 0 Å². The summed E-state index contributed by atoms with van der Waals surface area (Å²) >= 11 is 0. The minimum Gasteiger partial charge on any atom is -0.345 e. The number of aromatic nitrogens is 3. The average Bonchev–Trinajstić information content (AvgIpc) is 3.50. The summed E-state index contributed by atoms with van der Waals surface area (Å²) in [5.74, 6) is 0.140. The van der Waals surface area contributed by atoms with E-state index in [2.05, 4.69) is 26.1 Å². The van der Waals surface area contributed by atoms with Gasteiger partial charge in [0.15, 0.2) is 5.65 Å². The molecular weight excluding hydrogens is 390 g/mol. The average molecular weight is 420 g/mol. The minimum absolute atomic E-state index is 0.0759. The van der Waals surface area contributed by atoms with Crippen molar-refractivity contribution in [3.05, 3.63) is 52.8 Å². The third-order valence-electron chi connectivity index (χ3n) is 5.50. The molecular formula is C24H29N5O2. The molecule has 0 saturated heterocycles. The molecule has 1 aromatic carbocycles. The van der Waals surface area contributed by atoms with Gasteiger partial charge in [-0.1, -0.05) is 0 Å². The van der Waals surface area contributed by atoms with Crippen LogP contribution in [0.2, 0.25) is 0 Å². The molecule has 2 heterocycles. The fraction of sp³-hybridized carbons (Fsp3) is 0.417. The first kappa shape index (κ1) is 21.0. The fourth-order valence-electron chi connectivity index (χ4n) is 3.70. The van der Waals surface area contributed by atoms with Crippen LogP contribution in [-0.2, 0) is 5.54 Å². The number of hydrogen-bond acceptors (Lipinski definition) is 4. The number of carbonyl (C=O) groups excluding carboxylic acids is 2. The molecule has 1 N–H and O–H groups in total. The summed E-state index contributed by atoms with van der Waals surface area (Å²) in [6.45, 7) is 8.17. The molecule has 0 radical (unpaired) electrons. The van der Waals surface area contributed by atoms with Gasteiger partial charge in [0, 0.05) is 37.0 Å². The standard InChI is InChI=1S/C24H29N5O2/c1-14-20-18(22(30)25-17-11-9-16(10-12-17)23(31)28(5)6)13-19(15-7-8-15)26-21(20)29(27-14)24(2,3)4/h9-13,15H,7-8H2,1-6H3,(H,25,30). The lowest BCUT2D eigenvalue weighted by molar-refractivity contribution is 0.0827. The number of benzene rings is 1. The zero-order valence-electron chi connectivity index (χ0n) is 19.0. The van der Waals surface area contributed by atoms with Gasteiger partial charge in [0.2, 0.25) is 0 Å². The van der Waals surface area contributed by atoms with Gasteiger partial charge in [-0.15, -0.1) is 0 Å². The summed E-state index contributed by atoms with van der Waals surface area (Å²) in [7, 11) is 3.43. The largest absolute Gasteiger partial charge is 0.345 e. The van der Waals surface area contributed by atoms with E-state index in [4.69, 9.17) is 10.1 Å². The van der Waals surface area contributed by atoms with E-state index in [0.29, 0.717) is 22.7 Å². The molecule has 7 nitrogen and oxygen atoms in total. The van der Waals surface area contributed by atoms with Gasteiger partial charge in [-0.05, 0) is 70.9 Å². The highest BCUT2D eigenvalue weighted by Gasteiger charge is 2.30. The van der Waals surface area contributed by atoms with Crippen molar-refractivity contribution in [3.8, 4) is 0 Å². The Morgan fingerprint density at radius 2 is 1.77 bits per heavy atom. The highest BCUT2D eigenvalue weighted by molar-refractivity contribution is 6.12. The maximum atomic E-state index is 13.3. The molecule has 0 unspecified atom stereocenters. The Kier molecular flexibility index (Phi) is 5.07. The van der Waals surface area contributed by atoms with E-state index in [0.717, 1.165) is 35.3 Å². The second kappa shape index (κ2) is 7.48. The molecule has 31 heavy (non-hydrogen) atoms. The summed E-state index contributed by atoms with van der Waals surface area (Å²) in [6.07, 6.45) is 2.20. The van der Waals surface area contributed by atoms with E-state index in [9.17, 15) is 9.59 Å². The van der Waals surface area contributed by atoms with Crippen LogP contribution in [-0.4, -0.2) is 45.6 Å². The van der Waals surface area contributed by atoms with Crippen molar-refractivity contribution in [2.24, 2.45) is 0 Å². The van der Waals surface area contributed by atoms with Crippen molar-refractivity contribution in [1.29, 1.82) is 0 Å². The van der Waals surface area contributed by atoms with Crippen LogP contribution in [0.25, 0.3) is 11.0 Å². The number of aryl methyl sites for hydroxylation is 1. The number of pyridine rings is 1. The summed E-state index contributed by atoms with van der Waals surface area (Å²) in [4.78, 5) is 31.8. The van der Waals surface area contributed by atoms with Gasteiger partial charge in [-0.2, -0.15) is 5.10 Å². The minimum atomic E-state index is -0.246. The van der Waals surface area contributed by atoms with E-state index in [1.807, 2.05) is 17.7 Å². The Morgan fingerprint density at radius 3 is 2.32 bits per heavy atom. The maximum Gasteiger partial charge on any atom is 0.256 e. The van der Waals surface area contributed by atoms with Crippen molar-refractivity contribution in [2.75, 3.05) is 19.4 Å². The van der Waals surface area contributed by atoms with Crippen molar-refractivity contribution in [2.45, 2.75) is 52.0 Å². The van der Waals surface area contributed by atoms with Gasteiger partial charge >= 0.3 is 0 Å². The molecule has 1 fully saturated rings. The molecule has 7 heteroatoms. The number of nitrogens with zero attached hydrogens (tertiary/aromatic N) is 4. The van der Waals surface area contributed by atoms with Crippen LogP contribution in [0.5, 0.6) is 0 Å². The first-order valence-corrected chi connectivity index (χ1v) is 10.6. The Labute approximate surface area is 182 Å². The molecule has 2 aromatic heterocycles. The molecule has 162 valence electrons. The topological polar surface area (TPSA) is 80.1 Å². The lowest BCUT2D eigenvalue weighted by atomic mass is 10.1. The summed E-state index contributed by atoms with van der Waals surface area (Å²) in [5, 5.41) is 8.48. The van der Waals surface area contributed by atoms with Gasteiger partial charge in [0.05, 0.1) is 22.2 Å². The predicted molar refractivity (Wildman–Crippen MR) is 122 cm³/mol. The summed E-state index contributed by atoms with van der Waals surface area (Å²) < 4.78 is 1.92. The molecule has 4 rings (SSSR count). The van der Waals surface area contributed by atoms with Gasteiger partial charge in [0.25, 0.3) is 11.8 Å². The van der Waals surface area contributed by atoms with Gasteiger partial charge in [0.1, 0.15) is 0 Å². The first-order chi connectivity index (χ1) is 14.6. The van der Waals surface area contributed by atoms with Crippen molar-refractivity contribution in [3.63, 3.8) is 0 Å². The number of rotatable bonds is 4. The molecule has 0 bridgehead atoms. The van der Waals surface area contributed by atoms with E-state index < -0.39 is 0 Å². The van der Waals surface area contributed by atoms with E-state index >= 15 is 0 Å². The van der Waals surface area contributed by atoms with Crippen molar-refractivity contribution in [1.82, 2.24) is 19.7 Å². The zero-order chi connectivity index (χ0) is 22.5. The monoisotopic (exact) mass is 419 g/mol. The second-order valence-electron chi connectivity index (χ2n) is 9.47. The lowest BCUT2D eigenvalue weighted by Gasteiger charge is -2.20. The highest BCUT2D eigenvalue weighted by Crippen LogP contribution is 2.41. The summed E-state index contributed by atoms with van der Waals surface area (Å²) in [6, 6.07) is 8.86. The molecule has 1 aliphatic rings. The number of amides is 2. The normalized spacial score (nSPS) is 14.0. The van der Waals surface area contributed by atoms with Gasteiger partial charge in [-0.25, -0.2) is 9.67 Å². The Morgan fingerprint density at radius 1 is 1.13 bits per heavy atom. The fourth-order valence-corrected chi connectivity index (χ4v) is 3.70. The number of hydrogen-bond donors (Lipinski definition) is 1. The SMILES string of the molecule is Cc1nn(C(C)(C)C)c2nc(C3CC3)cc(C(=O)Nc3ccc(C(=O)N(C)C)cc3)c12. The Bertz CT molecular complexity index is 1170. The molecule has 2 amide bonds. The molecule has 1 saturated carbocycles. The van der Waals surface area contributed by atoms with E-state index in [1.165, 1.54) is 4.90 Å². The molecule has 0 spiro atoms. The second-order valence-corrected chi connectivity index (χ2v) is 9.47. The van der Waals surface area contributed by atoms with Crippen LogP contribution in [0.4, 0.5) is 5.69 Å². The third kappa shape index (κ3) is 4.04. The van der Waals surface area contributed by atoms with Crippen molar-refractivity contribution < 1.29 is 9.59 Å². The molecule has 1 aliphatic carbocycles. The Hall–Kier alpha value is -3.22. The smallest absolute Gasteiger partial charge is 0.256 e. The van der Waals surface area contributed by atoms with Crippen LogP contribution in [0.3, 0.4) is 0 Å². The van der Waals surface area contributed by atoms with Crippen LogP contribution < -0.4 is 5.32 Å². The predicted octanol–water partition coefficient (Wildman–Crippen LogP) is 4.33. The zero-order valence-corrected chi connectivity index (χ0v) is 19.0. The third-order valence-corrected chi connectivity index (χ3v) is 5.50. The molecule has 3 aromatic rings. The number of fused-ring (bicyclic) bond motifs is 1. The maximum absolute atomic E-state index is 13.3. The van der Waals surface area contributed by atoms with Crippen LogP contribution in [0.15, 0.2) is 30.3 Å². The first-order valence-electron chi connectivity index (χ1n) is 10.6. The van der Waals surface area contributed by atoms with Crippen LogP contribution in [0.1, 0.15) is 71.6 Å². The number of anilines is 1. The highest BCUT2D eigenvalue weighted by atomic mass is 16.2. The number of carbonyl (C=O) groups is 2. The van der Waals surface area contributed by atoms with Gasteiger partial charge < -0.3 is 10.2 Å². The molecule has 0 aliphatic heterocycles. The van der Waals surface area contributed by atoms with Crippen LogP contribution in [0, 0.1) is 6.92 Å². The summed E-state index contributed by atoms with van der Waals surface area (Å²) in [5.41, 5.74) is 4.06. The quantitative estimate of drug-likeness (QED) is 0.683. The van der Waals surface area contributed by atoms with E-state index in [-0.39, 0.29) is 17.4 Å².